The summed E-state index contributed by atoms with van der Waals surface area (Å²) in [5.74, 6) is -1.45. The molecule has 0 spiro atoms. The standard InChI is InChI=1S/C18H24N2O4/c1-3-20(4-2)17(22)13-7-5-12(6-8-13)16(21)19-15-10-9-14(11-15)18(23)24/h5-8,14-15H,3-4,9-11H2,1-2H3,(H,19,21)(H,23,24)/t14-,15+/m1/s1. The van der Waals surface area contributed by atoms with Crippen LogP contribution in [0.2, 0.25) is 0 Å². The van der Waals surface area contributed by atoms with Gasteiger partial charge in [0.15, 0.2) is 0 Å². The van der Waals surface area contributed by atoms with Crippen molar-refractivity contribution in [3.63, 3.8) is 0 Å². The van der Waals surface area contributed by atoms with Crippen molar-refractivity contribution >= 4 is 17.8 Å². The van der Waals surface area contributed by atoms with Gasteiger partial charge in [-0.1, -0.05) is 0 Å². The highest BCUT2D eigenvalue weighted by molar-refractivity contribution is 5.98. The summed E-state index contributed by atoms with van der Waals surface area (Å²) in [6.07, 6.45) is 1.75. The molecule has 0 saturated heterocycles. The van der Waals surface area contributed by atoms with E-state index in [2.05, 4.69) is 5.32 Å². The molecule has 1 aromatic rings. The third-order valence-corrected chi connectivity index (χ3v) is 4.56. The summed E-state index contributed by atoms with van der Waals surface area (Å²) >= 11 is 0. The van der Waals surface area contributed by atoms with Gasteiger partial charge >= 0.3 is 5.97 Å². The number of rotatable bonds is 6. The molecule has 0 unspecified atom stereocenters. The van der Waals surface area contributed by atoms with Gasteiger partial charge in [0.05, 0.1) is 5.92 Å². The van der Waals surface area contributed by atoms with Crippen LogP contribution in [0.3, 0.4) is 0 Å². The van der Waals surface area contributed by atoms with Gasteiger partial charge in [-0.05, 0) is 57.4 Å². The Labute approximate surface area is 141 Å². The van der Waals surface area contributed by atoms with Crippen LogP contribution in [0.1, 0.15) is 53.8 Å². The fourth-order valence-electron chi connectivity index (χ4n) is 3.06. The van der Waals surface area contributed by atoms with E-state index in [1.54, 1.807) is 29.2 Å². The first kappa shape index (κ1) is 18.0. The van der Waals surface area contributed by atoms with Crippen LogP contribution < -0.4 is 5.32 Å². The van der Waals surface area contributed by atoms with Gasteiger partial charge in [-0.2, -0.15) is 0 Å². The van der Waals surface area contributed by atoms with Gasteiger partial charge in [-0.15, -0.1) is 0 Å². The van der Waals surface area contributed by atoms with Gasteiger partial charge in [0.2, 0.25) is 0 Å². The highest BCUT2D eigenvalue weighted by Gasteiger charge is 2.30. The minimum Gasteiger partial charge on any atom is -0.481 e. The maximum atomic E-state index is 12.3. The Morgan fingerprint density at radius 1 is 1.08 bits per heavy atom. The Morgan fingerprint density at radius 2 is 1.67 bits per heavy atom. The zero-order valence-corrected chi connectivity index (χ0v) is 14.1. The first-order valence-corrected chi connectivity index (χ1v) is 8.39. The minimum absolute atomic E-state index is 0.0490. The summed E-state index contributed by atoms with van der Waals surface area (Å²) in [7, 11) is 0. The lowest BCUT2D eigenvalue weighted by Gasteiger charge is -2.18. The summed E-state index contributed by atoms with van der Waals surface area (Å²) in [5, 5.41) is 11.9. The molecule has 2 amide bonds. The van der Waals surface area contributed by atoms with Crippen molar-refractivity contribution in [1.82, 2.24) is 10.2 Å². The number of nitrogens with one attached hydrogen (secondary N) is 1. The second-order valence-electron chi connectivity index (χ2n) is 6.07. The van der Waals surface area contributed by atoms with E-state index >= 15 is 0 Å². The zero-order chi connectivity index (χ0) is 17.7. The molecular weight excluding hydrogens is 308 g/mol. The quantitative estimate of drug-likeness (QED) is 0.836. The van der Waals surface area contributed by atoms with E-state index < -0.39 is 5.97 Å². The van der Waals surface area contributed by atoms with Crippen molar-refractivity contribution in [2.45, 2.75) is 39.2 Å². The molecule has 0 aliphatic heterocycles. The number of carboxylic acids is 1. The van der Waals surface area contributed by atoms with Gasteiger partial charge in [0.25, 0.3) is 11.8 Å². The monoisotopic (exact) mass is 332 g/mol. The van der Waals surface area contributed by atoms with Crippen molar-refractivity contribution in [3.8, 4) is 0 Å². The number of carboxylic acid groups (broad SMARTS) is 1. The maximum absolute atomic E-state index is 12.3. The predicted molar refractivity (Wildman–Crippen MR) is 89.9 cm³/mol. The van der Waals surface area contributed by atoms with E-state index in [9.17, 15) is 14.4 Å². The molecule has 1 fully saturated rings. The van der Waals surface area contributed by atoms with Crippen LogP contribution in [0.15, 0.2) is 24.3 Å². The Bertz CT molecular complexity index is 608. The molecule has 1 aromatic carbocycles. The Morgan fingerprint density at radius 3 is 2.17 bits per heavy atom. The summed E-state index contributed by atoms with van der Waals surface area (Å²) in [6.45, 7) is 5.14. The van der Waals surface area contributed by atoms with Crippen molar-refractivity contribution in [3.05, 3.63) is 35.4 Å². The summed E-state index contributed by atoms with van der Waals surface area (Å²) in [5.41, 5.74) is 1.03. The van der Waals surface area contributed by atoms with E-state index in [-0.39, 0.29) is 23.8 Å². The van der Waals surface area contributed by atoms with Crippen LogP contribution >= 0.6 is 0 Å². The van der Waals surface area contributed by atoms with Crippen molar-refractivity contribution in [1.29, 1.82) is 0 Å². The van der Waals surface area contributed by atoms with Crippen LogP contribution in [0.5, 0.6) is 0 Å². The van der Waals surface area contributed by atoms with Gasteiger partial charge in [-0.3, -0.25) is 14.4 Å². The number of nitrogens with zero attached hydrogens (tertiary/aromatic N) is 1. The molecule has 6 nitrogen and oxygen atoms in total. The van der Waals surface area contributed by atoms with E-state index in [1.165, 1.54) is 0 Å². The normalized spacial score (nSPS) is 19.8. The van der Waals surface area contributed by atoms with E-state index in [1.807, 2.05) is 13.8 Å². The van der Waals surface area contributed by atoms with Crippen molar-refractivity contribution in [2.24, 2.45) is 5.92 Å². The van der Waals surface area contributed by atoms with E-state index in [0.29, 0.717) is 43.5 Å². The molecule has 6 heteroatoms. The van der Waals surface area contributed by atoms with Crippen LogP contribution in [-0.2, 0) is 4.79 Å². The number of aliphatic carboxylic acids is 1. The van der Waals surface area contributed by atoms with Gasteiger partial charge in [0.1, 0.15) is 0 Å². The average molecular weight is 332 g/mol. The lowest BCUT2D eigenvalue weighted by Crippen LogP contribution is -2.33. The smallest absolute Gasteiger partial charge is 0.306 e. The van der Waals surface area contributed by atoms with Crippen LogP contribution in [0.4, 0.5) is 0 Å². The fraction of sp³-hybridized carbons (Fsp3) is 0.500. The van der Waals surface area contributed by atoms with Crippen LogP contribution in [0.25, 0.3) is 0 Å². The number of hydrogen-bond acceptors (Lipinski definition) is 3. The van der Waals surface area contributed by atoms with Gasteiger partial charge < -0.3 is 15.3 Å². The Kier molecular flexibility index (Phi) is 5.95. The Hall–Kier alpha value is -2.37. The second kappa shape index (κ2) is 7.95. The average Bonchev–Trinajstić information content (AvgIpc) is 3.04. The van der Waals surface area contributed by atoms with Crippen molar-refractivity contribution in [2.75, 3.05) is 13.1 Å². The maximum Gasteiger partial charge on any atom is 0.306 e. The summed E-state index contributed by atoms with van der Waals surface area (Å²) in [4.78, 5) is 37.2. The predicted octanol–water partition coefficient (Wildman–Crippen LogP) is 2.15. The molecule has 2 N–H and O–H groups in total. The molecule has 0 radical (unpaired) electrons. The van der Waals surface area contributed by atoms with Crippen LogP contribution in [-0.4, -0.2) is 46.9 Å². The third-order valence-electron chi connectivity index (χ3n) is 4.56. The molecule has 0 bridgehead atoms. The molecule has 2 atom stereocenters. The first-order valence-electron chi connectivity index (χ1n) is 8.39. The molecule has 0 heterocycles. The number of benzene rings is 1. The highest BCUT2D eigenvalue weighted by Crippen LogP contribution is 2.25. The fourth-order valence-corrected chi connectivity index (χ4v) is 3.06. The van der Waals surface area contributed by atoms with Crippen molar-refractivity contribution < 1.29 is 19.5 Å². The molecular formula is C18H24N2O4. The molecule has 2 rings (SSSR count). The topological polar surface area (TPSA) is 86.7 Å². The lowest BCUT2D eigenvalue weighted by atomic mass is 10.1. The zero-order valence-electron chi connectivity index (χ0n) is 14.1. The number of carbonyl (C=O) groups excluding carboxylic acids is 2. The van der Waals surface area contributed by atoms with E-state index in [0.717, 1.165) is 0 Å². The Balaban J connectivity index is 1.97. The van der Waals surface area contributed by atoms with Crippen LogP contribution in [0, 0.1) is 5.92 Å². The summed E-state index contributed by atoms with van der Waals surface area (Å²) < 4.78 is 0. The van der Waals surface area contributed by atoms with Gasteiger partial charge in [-0.25, -0.2) is 0 Å². The SMILES string of the molecule is CCN(CC)C(=O)c1ccc(C(=O)N[C@H]2CC[C@@H](C(=O)O)C2)cc1. The molecule has 130 valence electrons. The molecule has 0 aromatic heterocycles. The number of hydrogen-bond donors (Lipinski definition) is 2. The molecule has 1 aliphatic carbocycles. The highest BCUT2D eigenvalue weighted by atomic mass is 16.4. The first-order chi connectivity index (χ1) is 11.5. The number of amides is 2. The third kappa shape index (κ3) is 4.13. The largest absolute Gasteiger partial charge is 0.481 e. The molecule has 1 aliphatic rings. The van der Waals surface area contributed by atoms with Gasteiger partial charge in [0, 0.05) is 30.3 Å². The second-order valence-corrected chi connectivity index (χ2v) is 6.07. The minimum atomic E-state index is -0.800. The number of carbonyl (C=O) groups is 3. The van der Waals surface area contributed by atoms with E-state index in [4.69, 9.17) is 5.11 Å². The molecule has 1 saturated carbocycles. The summed E-state index contributed by atoms with van der Waals surface area (Å²) in [6, 6.07) is 6.48. The lowest BCUT2D eigenvalue weighted by molar-refractivity contribution is -0.141. The molecule has 24 heavy (non-hydrogen) atoms.